The van der Waals surface area contributed by atoms with Crippen molar-refractivity contribution in [1.82, 2.24) is 4.90 Å². The van der Waals surface area contributed by atoms with E-state index in [2.05, 4.69) is 0 Å². The normalized spacial score (nSPS) is 20.4. The maximum atomic E-state index is 12.8. The van der Waals surface area contributed by atoms with Crippen molar-refractivity contribution in [1.29, 1.82) is 0 Å². The first-order valence-electron chi connectivity index (χ1n) is 4.44. The van der Waals surface area contributed by atoms with E-state index in [-0.39, 0.29) is 0 Å². The summed E-state index contributed by atoms with van der Waals surface area (Å²) >= 11 is 1.72. The third kappa shape index (κ3) is 3.42. The minimum absolute atomic E-state index is 0.549. The van der Waals surface area contributed by atoms with Crippen LogP contribution in [0.3, 0.4) is 0 Å². The van der Waals surface area contributed by atoms with Crippen LogP contribution in [0.2, 0.25) is 0 Å². The molecule has 1 rings (SSSR count). The molecule has 1 fully saturated rings. The summed E-state index contributed by atoms with van der Waals surface area (Å²) in [5, 5.41) is 8.26. The molecule has 0 bridgehead atoms. The molecule has 1 N–H and O–H groups in total. The van der Waals surface area contributed by atoms with Crippen molar-refractivity contribution in [2.24, 2.45) is 0 Å². The third-order valence-corrected chi connectivity index (χ3v) is 3.10. The van der Waals surface area contributed by atoms with Crippen molar-refractivity contribution in [3.05, 3.63) is 0 Å². The van der Waals surface area contributed by atoms with Gasteiger partial charge in [-0.3, -0.25) is 4.90 Å². The summed E-state index contributed by atoms with van der Waals surface area (Å²) in [5.41, 5.74) is 0. The number of thioether (sulfide) groups is 1. The Balaban J connectivity index is 2.45. The van der Waals surface area contributed by atoms with Crippen molar-refractivity contribution in [3.63, 3.8) is 0 Å². The van der Waals surface area contributed by atoms with Gasteiger partial charge in [-0.15, -0.1) is 0 Å². The zero-order valence-corrected chi connectivity index (χ0v) is 8.53. The van der Waals surface area contributed by atoms with Gasteiger partial charge in [-0.05, 0) is 18.7 Å². The van der Waals surface area contributed by atoms with Crippen molar-refractivity contribution >= 4 is 17.7 Å². The second-order valence-corrected chi connectivity index (χ2v) is 4.48. The van der Waals surface area contributed by atoms with Gasteiger partial charge in [0.05, 0.1) is 6.54 Å². The Morgan fingerprint density at radius 2 is 2.14 bits per heavy atom. The van der Waals surface area contributed by atoms with Gasteiger partial charge < -0.3 is 5.11 Å². The van der Waals surface area contributed by atoms with Gasteiger partial charge in [0.15, 0.2) is 0 Å². The molecular weight excluding hydrogens is 212 g/mol. The number of rotatable bonds is 3. The zero-order chi connectivity index (χ0) is 10.6. The number of hydrogen-bond donors (Lipinski definition) is 1. The summed E-state index contributed by atoms with van der Waals surface area (Å²) < 4.78 is 25.6. The first-order chi connectivity index (χ1) is 6.52. The van der Waals surface area contributed by atoms with Crippen molar-refractivity contribution in [2.45, 2.75) is 12.3 Å². The summed E-state index contributed by atoms with van der Waals surface area (Å²) in [5.74, 6) is -3.88. The number of aliphatic carboxylic acids is 1. The van der Waals surface area contributed by atoms with E-state index in [0.717, 1.165) is 17.9 Å². The lowest BCUT2D eigenvalue weighted by molar-refractivity contribution is -0.167. The van der Waals surface area contributed by atoms with Crippen LogP contribution in [0.15, 0.2) is 0 Å². The van der Waals surface area contributed by atoms with E-state index >= 15 is 0 Å². The van der Waals surface area contributed by atoms with Gasteiger partial charge in [-0.1, -0.05) is 0 Å². The van der Waals surface area contributed by atoms with E-state index < -0.39 is 18.4 Å². The molecular formula is C8H13F2NO2S. The molecule has 0 aromatic heterocycles. The number of halogens is 2. The van der Waals surface area contributed by atoms with E-state index in [9.17, 15) is 13.6 Å². The van der Waals surface area contributed by atoms with Gasteiger partial charge in [0, 0.05) is 12.3 Å². The average Bonchev–Trinajstić information content (AvgIpc) is 2.32. The Morgan fingerprint density at radius 3 is 2.79 bits per heavy atom. The largest absolute Gasteiger partial charge is 0.477 e. The lowest BCUT2D eigenvalue weighted by Crippen LogP contribution is -2.43. The van der Waals surface area contributed by atoms with E-state index in [4.69, 9.17) is 5.11 Å². The Labute approximate surface area is 85.5 Å². The highest BCUT2D eigenvalue weighted by atomic mass is 32.2. The quantitative estimate of drug-likeness (QED) is 0.782. The fraction of sp³-hybridized carbons (Fsp3) is 0.875. The molecule has 0 saturated carbocycles. The molecule has 0 unspecified atom stereocenters. The second kappa shape index (κ2) is 4.93. The van der Waals surface area contributed by atoms with Gasteiger partial charge in [-0.2, -0.15) is 20.5 Å². The maximum Gasteiger partial charge on any atom is 0.375 e. The number of carbonyl (C=O) groups is 1. The van der Waals surface area contributed by atoms with Gasteiger partial charge in [-0.25, -0.2) is 4.79 Å². The third-order valence-electron chi connectivity index (χ3n) is 2.05. The molecule has 0 aromatic carbocycles. The van der Waals surface area contributed by atoms with E-state index in [1.165, 1.54) is 4.90 Å². The molecule has 6 heteroatoms. The van der Waals surface area contributed by atoms with Gasteiger partial charge in [0.1, 0.15) is 0 Å². The maximum absolute atomic E-state index is 12.8. The predicted octanol–water partition coefficient (Wildman–Crippen LogP) is 1.15. The molecule has 0 amide bonds. The minimum Gasteiger partial charge on any atom is -0.477 e. The summed E-state index contributed by atoms with van der Waals surface area (Å²) in [6, 6.07) is 0. The zero-order valence-electron chi connectivity index (χ0n) is 7.71. The molecule has 3 nitrogen and oxygen atoms in total. The molecule has 0 radical (unpaired) electrons. The standard InChI is InChI=1S/C8H13F2NO2S/c9-8(10,7(12)13)6-11-2-1-4-14-5-3-11/h1-6H2,(H,12,13). The Kier molecular flexibility index (Phi) is 4.12. The van der Waals surface area contributed by atoms with E-state index in [1.807, 2.05) is 0 Å². The number of alkyl halides is 2. The van der Waals surface area contributed by atoms with Crippen molar-refractivity contribution < 1.29 is 18.7 Å². The molecule has 14 heavy (non-hydrogen) atoms. The molecule has 0 spiro atoms. The number of carboxylic acid groups (broad SMARTS) is 1. The van der Waals surface area contributed by atoms with Crippen molar-refractivity contribution in [2.75, 3.05) is 31.1 Å². The monoisotopic (exact) mass is 225 g/mol. The summed E-state index contributed by atoms with van der Waals surface area (Å²) in [6.45, 7) is 0.451. The van der Waals surface area contributed by atoms with Gasteiger partial charge in [0.2, 0.25) is 0 Å². The van der Waals surface area contributed by atoms with Crippen molar-refractivity contribution in [3.8, 4) is 0 Å². The van der Waals surface area contributed by atoms with Crippen LogP contribution in [0.5, 0.6) is 0 Å². The van der Waals surface area contributed by atoms with Crippen LogP contribution in [0.25, 0.3) is 0 Å². The fourth-order valence-corrected chi connectivity index (χ4v) is 2.23. The molecule has 0 aliphatic carbocycles. The van der Waals surface area contributed by atoms with Crippen LogP contribution in [0, 0.1) is 0 Å². The summed E-state index contributed by atoms with van der Waals surface area (Å²) in [6.07, 6.45) is 0.848. The molecule has 1 aliphatic rings. The smallest absolute Gasteiger partial charge is 0.375 e. The molecule has 82 valence electrons. The first-order valence-corrected chi connectivity index (χ1v) is 5.59. The van der Waals surface area contributed by atoms with E-state index in [1.54, 1.807) is 11.8 Å². The number of hydrogen-bond acceptors (Lipinski definition) is 3. The predicted molar refractivity (Wildman–Crippen MR) is 51.0 cm³/mol. The highest BCUT2D eigenvalue weighted by molar-refractivity contribution is 7.99. The van der Waals surface area contributed by atoms with Crippen LogP contribution in [-0.2, 0) is 4.79 Å². The van der Waals surface area contributed by atoms with Crippen LogP contribution in [0.1, 0.15) is 6.42 Å². The molecule has 1 aliphatic heterocycles. The van der Waals surface area contributed by atoms with Crippen LogP contribution < -0.4 is 0 Å². The second-order valence-electron chi connectivity index (χ2n) is 3.25. The Hall–Kier alpha value is -0.360. The van der Waals surface area contributed by atoms with E-state index in [0.29, 0.717) is 13.1 Å². The molecule has 1 saturated heterocycles. The molecule has 1 heterocycles. The summed E-state index contributed by atoms with van der Waals surface area (Å²) in [4.78, 5) is 11.7. The van der Waals surface area contributed by atoms with Crippen LogP contribution in [0.4, 0.5) is 8.78 Å². The number of nitrogens with zero attached hydrogens (tertiary/aromatic N) is 1. The molecule has 0 atom stereocenters. The SMILES string of the molecule is O=C(O)C(F)(F)CN1CCCSCC1. The lowest BCUT2D eigenvalue weighted by Gasteiger charge is -2.22. The lowest BCUT2D eigenvalue weighted by atomic mass is 10.3. The van der Waals surface area contributed by atoms with Gasteiger partial charge in [0.25, 0.3) is 0 Å². The topological polar surface area (TPSA) is 40.5 Å². The minimum atomic E-state index is -3.62. The average molecular weight is 225 g/mol. The fourth-order valence-electron chi connectivity index (χ4n) is 1.30. The number of carboxylic acids is 1. The highest BCUT2D eigenvalue weighted by Crippen LogP contribution is 2.18. The van der Waals surface area contributed by atoms with Gasteiger partial charge >= 0.3 is 11.9 Å². The van der Waals surface area contributed by atoms with Crippen LogP contribution >= 0.6 is 11.8 Å². The summed E-state index contributed by atoms with van der Waals surface area (Å²) in [7, 11) is 0. The molecule has 0 aromatic rings. The van der Waals surface area contributed by atoms with Crippen LogP contribution in [-0.4, -0.2) is 53.0 Å². The first kappa shape index (κ1) is 11.7. The Bertz CT molecular complexity index is 206. The highest BCUT2D eigenvalue weighted by Gasteiger charge is 2.40. The Morgan fingerprint density at radius 1 is 1.43 bits per heavy atom.